The normalized spacial score (nSPS) is 17.2. The summed E-state index contributed by atoms with van der Waals surface area (Å²) < 4.78 is 5.81. The molecule has 0 spiro atoms. The molecule has 1 aliphatic rings. The SMILES string of the molecule is O=C(NCc1cccnc1)c1ccnc(O[C@@H]2CCSC2)c1. The molecule has 2 aromatic heterocycles. The minimum atomic E-state index is -0.142. The summed E-state index contributed by atoms with van der Waals surface area (Å²) in [5, 5.41) is 2.87. The third-order valence-electron chi connectivity index (χ3n) is 3.35. The van der Waals surface area contributed by atoms with Crippen molar-refractivity contribution in [2.75, 3.05) is 11.5 Å². The number of rotatable bonds is 5. The van der Waals surface area contributed by atoms with Gasteiger partial charge in [0.1, 0.15) is 6.10 Å². The van der Waals surface area contributed by atoms with Crippen LogP contribution < -0.4 is 10.1 Å². The van der Waals surface area contributed by atoms with Gasteiger partial charge in [-0.15, -0.1) is 0 Å². The van der Waals surface area contributed by atoms with E-state index < -0.39 is 0 Å². The second-order valence-electron chi connectivity index (χ2n) is 5.03. The summed E-state index contributed by atoms with van der Waals surface area (Å²) >= 11 is 1.88. The minimum Gasteiger partial charge on any atom is -0.473 e. The van der Waals surface area contributed by atoms with Gasteiger partial charge in [-0.25, -0.2) is 4.98 Å². The van der Waals surface area contributed by atoms with Crippen molar-refractivity contribution in [2.45, 2.75) is 19.1 Å². The highest BCUT2D eigenvalue weighted by atomic mass is 32.2. The van der Waals surface area contributed by atoms with Crippen molar-refractivity contribution in [2.24, 2.45) is 0 Å². The van der Waals surface area contributed by atoms with E-state index in [0.29, 0.717) is 18.0 Å². The summed E-state index contributed by atoms with van der Waals surface area (Å²) in [4.78, 5) is 20.4. The first kappa shape index (κ1) is 14.8. The molecule has 0 unspecified atom stereocenters. The molecule has 6 heteroatoms. The van der Waals surface area contributed by atoms with E-state index in [-0.39, 0.29) is 12.0 Å². The Morgan fingerprint density at radius 2 is 2.36 bits per heavy atom. The molecule has 0 aliphatic carbocycles. The van der Waals surface area contributed by atoms with Crippen molar-refractivity contribution in [3.63, 3.8) is 0 Å². The Morgan fingerprint density at radius 1 is 1.41 bits per heavy atom. The van der Waals surface area contributed by atoms with Gasteiger partial charge < -0.3 is 10.1 Å². The number of carbonyl (C=O) groups is 1. The first-order chi connectivity index (χ1) is 10.8. The summed E-state index contributed by atoms with van der Waals surface area (Å²) in [5.41, 5.74) is 1.52. The number of nitrogens with zero attached hydrogens (tertiary/aromatic N) is 2. The second kappa shape index (κ2) is 7.26. The average Bonchev–Trinajstić information content (AvgIpc) is 3.07. The highest BCUT2D eigenvalue weighted by Crippen LogP contribution is 2.22. The summed E-state index contributed by atoms with van der Waals surface area (Å²) in [6.07, 6.45) is 6.28. The lowest BCUT2D eigenvalue weighted by Gasteiger charge is -2.12. The van der Waals surface area contributed by atoms with Crippen LogP contribution in [0.4, 0.5) is 0 Å². The van der Waals surface area contributed by atoms with Gasteiger partial charge in [0.15, 0.2) is 0 Å². The van der Waals surface area contributed by atoms with E-state index in [2.05, 4.69) is 15.3 Å². The smallest absolute Gasteiger partial charge is 0.251 e. The highest BCUT2D eigenvalue weighted by Gasteiger charge is 2.18. The average molecular weight is 315 g/mol. The Labute approximate surface area is 133 Å². The number of hydrogen-bond donors (Lipinski definition) is 1. The number of pyridine rings is 2. The molecule has 0 bridgehead atoms. The van der Waals surface area contributed by atoms with Crippen LogP contribution in [0.3, 0.4) is 0 Å². The van der Waals surface area contributed by atoms with Crippen LogP contribution in [0.5, 0.6) is 5.88 Å². The van der Waals surface area contributed by atoms with Crippen molar-refractivity contribution in [3.8, 4) is 5.88 Å². The zero-order valence-electron chi connectivity index (χ0n) is 12.1. The monoisotopic (exact) mass is 315 g/mol. The number of nitrogens with one attached hydrogen (secondary N) is 1. The first-order valence-corrected chi connectivity index (χ1v) is 8.34. The molecule has 5 nitrogen and oxygen atoms in total. The predicted molar refractivity (Wildman–Crippen MR) is 86.0 cm³/mol. The number of amides is 1. The standard InChI is InChI=1S/C16H17N3O2S/c20-16(19-10-12-2-1-5-17-9-12)13-3-6-18-15(8-13)21-14-4-7-22-11-14/h1-3,5-6,8-9,14H,4,7,10-11H2,(H,19,20)/t14-/m1/s1. The van der Waals surface area contributed by atoms with Crippen molar-refractivity contribution >= 4 is 17.7 Å². The molecular weight excluding hydrogens is 298 g/mol. The molecule has 114 valence electrons. The van der Waals surface area contributed by atoms with Crippen LogP contribution in [0.2, 0.25) is 0 Å². The lowest BCUT2D eigenvalue weighted by atomic mass is 10.2. The van der Waals surface area contributed by atoms with Crippen LogP contribution in [-0.4, -0.2) is 33.5 Å². The number of hydrogen-bond acceptors (Lipinski definition) is 5. The van der Waals surface area contributed by atoms with Gasteiger partial charge in [0.2, 0.25) is 5.88 Å². The summed E-state index contributed by atoms with van der Waals surface area (Å²) in [5.74, 6) is 2.48. The number of aromatic nitrogens is 2. The van der Waals surface area contributed by atoms with Gasteiger partial charge in [-0.05, 0) is 29.9 Å². The maximum atomic E-state index is 12.2. The summed E-state index contributed by atoms with van der Waals surface area (Å²) in [6, 6.07) is 7.15. The molecule has 1 atom stereocenters. The van der Waals surface area contributed by atoms with Gasteiger partial charge >= 0.3 is 0 Å². The molecule has 1 N–H and O–H groups in total. The molecule has 1 aliphatic heterocycles. The fourth-order valence-electron chi connectivity index (χ4n) is 2.18. The Morgan fingerprint density at radius 3 is 3.14 bits per heavy atom. The van der Waals surface area contributed by atoms with Gasteiger partial charge in [0.05, 0.1) is 0 Å². The maximum absolute atomic E-state index is 12.2. The van der Waals surface area contributed by atoms with Crippen molar-refractivity contribution in [1.82, 2.24) is 15.3 Å². The van der Waals surface area contributed by atoms with Crippen LogP contribution >= 0.6 is 11.8 Å². The van der Waals surface area contributed by atoms with E-state index in [9.17, 15) is 4.79 Å². The van der Waals surface area contributed by atoms with E-state index in [1.807, 2.05) is 23.9 Å². The predicted octanol–water partition coefficient (Wildman–Crippen LogP) is 2.29. The van der Waals surface area contributed by atoms with Crippen molar-refractivity contribution in [1.29, 1.82) is 0 Å². The Bertz CT molecular complexity index is 630. The van der Waals surface area contributed by atoms with Crippen LogP contribution in [0, 0.1) is 0 Å². The largest absolute Gasteiger partial charge is 0.473 e. The zero-order chi connectivity index (χ0) is 15.2. The van der Waals surface area contributed by atoms with Gasteiger partial charge in [-0.1, -0.05) is 6.07 Å². The third kappa shape index (κ3) is 3.98. The number of ether oxygens (including phenoxy) is 1. The topological polar surface area (TPSA) is 64.1 Å². The molecule has 0 radical (unpaired) electrons. The molecule has 0 saturated carbocycles. The van der Waals surface area contributed by atoms with Crippen LogP contribution in [0.1, 0.15) is 22.3 Å². The van der Waals surface area contributed by atoms with Crippen LogP contribution in [0.15, 0.2) is 42.9 Å². The van der Waals surface area contributed by atoms with E-state index in [1.165, 1.54) is 0 Å². The molecule has 3 heterocycles. The molecule has 1 saturated heterocycles. The van der Waals surface area contributed by atoms with E-state index in [0.717, 1.165) is 23.5 Å². The van der Waals surface area contributed by atoms with Crippen LogP contribution in [-0.2, 0) is 6.54 Å². The van der Waals surface area contributed by atoms with Gasteiger partial charge in [-0.3, -0.25) is 9.78 Å². The van der Waals surface area contributed by atoms with Gasteiger partial charge in [-0.2, -0.15) is 11.8 Å². The van der Waals surface area contributed by atoms with E-state index in [4.69, 9.17) is 4.74 Å². The third-order valence-corrected chi connectivity index (χ3v) is 4.48. The van der Waals surface area contributed by atoms with Crippen LogP contribution in [0.25, 0.3) is 0 Å². The maximum Gasteiger partial charge on any atom is 0.251 e. The van der Waals surface area contributed by atoms with Gasteiger partial charge in [0.25, 0.3) is 5.91 Å². The molecule has 3 rings (SSSR count). The summed E-state index contributed by atoms with van der Waals surface area (Å²) in [7, 11) is 0. The zero-order valence-corrected chi connectivity index (χ0v) is 12.9. The Balaban J connectivity index is 1.59. The fraction of sp³-hybridized carbons (Fsp3) is 0.312. The lowest BCUT2D eigenvalue weighted by molar-refractivity contribution is 0.0950. The first-order valence-electron chi connectivity index (χ1n) is 7.19. The van der Waals surface area contributed by atoms with E-state index >= 15 is 0 Å². The second-order valence-corrected chi connectivity index (χ2v) is 6.18. The molecule has 22 heavy (non-hydrogen) atoms. The molecule has 0 aromatic carbocycles. The molecule has 2 aromatic rings. The fourth-order valence-corrected chi connectivity index (χ4v) is 3.27. The molecule has 1 amide bonds. The lowest BCUT2D eigenvalue weighted by Crippen LogP contribution is -2.23. The Kier molecular flexibility index (Phi) is 4.90. The molecular formula is C16H17N3O2S. The quantitative estimate of drug-likeness (QED) is 0.917. The van der Waals surface area contributed by atoms with Gasteiger partial charge in [0, 0.05) is 42.5 Å². The van der Waals surface area contributed by atoms with Crippen molar-refractivity contribution < 1.29 is 9.53 Å². The Hall–Kier alpha value is -2.08. The number of thioether (sulfide) groups is 1. The minimum absolute atomic E-state index is 0.142. The molecule has 1 fully saturated rings. The van der Waals surface area contributed by atoms with Crippen molar-refractivity contribution in [3.05, 3.63) is 54.0 Å². The summed E-state index contributed by atoms with van der Waals surface area (Å²) in [6.45, 7) is 0.449. The van der Waals surface area contributed by atoms with E-state index in [1.54, 1.807) is 30.7 Å². The highest BCUT2D eigenvalue weighted by molar-refractivity contribution is 7.99. The number of carbonyl (C=O) groups excluding carboxylic acids is 1.